The van der Waals surface area contributed by atoms with E-state index in [2.05, 4.69) is 22.6 Å². The van der Waals surface area contributed by atoms with Gasteiger partial charge in [-0.05, 0) is 124 Å². The third-order valence-electron chi connectivity index (χ3n) is 7.95. The highest BCUT2D eigenvalue weighted by molar-refractivity contribution is 14.1. The molecule has 1 unspecified atom stereocenters. The van der Waals surface area contributed by atoms with E-state index in [0.29, 0.717) is 23.4 Å². The first-order valence-corrected chi connectivity index (χ1v) is 12.6. The highest BCUT2D eigenvalue weighted by atomic mass is 127. The predicted octanol–water partition coefficient (Wildman–Crippen LogP) is 4.77. The molecular formula is C25H31IN2O3. The molecule has 4 saturated carbocycles. The van der Waals surface area contributed by atoms with Gasteiger partial charge in [0, 0.05) is 9.11 Å². The molecule has 1 aromatic carbocycles. The highest BCUT2D eigenvalue weighted by Gasteiger charge is 2.58. The Labute approximate surface area is 198 Å². The van der Waals surface area contributed by atoms with Crippen molar-refractivity contribution in [2.24, 2.45) is 23.2 Å². The Bertz CT molecular complexity index is 898. The van der Waals surface area contributed by atoms with E-state index >= 15 is 0 Å². The zero-order valence-electron chi connectivity index (χ0n) is 18.6. The standard InChI is InChI=1S/C25H31IN2O3/c1-24(2,3)28(23(31)25-12-15-8-16(13-25)10-17(9-15)14-25)20-11-21(29)27(22(20)30)19-6-4-18(26)5-7-19/h4-7,15-17,20H,8-14H2,1-3H3. The Balaban J connectivity index is 1.47. The van der Waals surface area contributed by atoms with Crippen LogP contribution in [0.4, 0.5) is 5.69 Å². The summed E-state index contributed by atoms with van der Waals surface area (Å²) in [6, 6.07) is 6.69. The van der Waals surface area contributed by atoms with Gasteiger partial charge >= 0.3 is 0 Å². The minimum absolute atomic E-state index is 0.0696. The normalized spacial score (nSPS) is 34.5. The van der Waals surface area contributed by atoms with E-state index in [1.165, 1.54) is 24.2 Å². The lowest BCUT2D eigenvalue weighted by atomic mass is 9.49. The monoisotopic (exact) mass is 534 g/mol. The lowest BCUT2D eigenvalue weighted by Crippen LogP contribution is -2.62. The molecule has 4 bridgehead atoms. The van der Waals surface area contributed by atoms with Gasteiger partial charge < -0.3 is 4.90 Å². The molecule has 1 aromatic rings. The summed E-state index contributed by atoms with van der Waals surface area (Å²) >= 11 is 2.21. The number of amides is 3. The first-order valence-electron chi connectivity index (χ1n) is 11.5. The van der Waals surface area contributed by atoms with E-state index in [4.69, 9.17) is 0 Å². The molecule has 1 atom stereocenters. The molecule has 5 nitrogen and oxygen atoms in total. The molecule has 166 valence electrons. The molecule has 0 radical (unpaired) electrons. The molecule has 1 aliphatic heterocycles. The van der Waals surface area contributed by atoms with Gasteiger partial charge in [-0.1, -0.05) is 0 Å². The van der Waals surface area contributed by atoms with Gasteiger partial charge in [0.1, 0.15) is 6.04 Å². The van der Waals surface area contributed by atoms with Crippen LogP contribution in [0.1, 0.15) is 65.7 Å². The summed E-state index contributed by atoms with van der Waals surface area (Å²) in [5, 5.41) is 0. The Hall–Kier alpha value is -1.44. The topological polar surface area (TPSA) is 57.7 Å². The number of halogens is 1. The second-order valence-electron chi connectivity index (χ2n) is 11.3. The first kappa shape index (κ1) is 21.4. The number of rotatable bonds is 3. The summed E-state index contributed by atoms with van der Waals surface area (Å²) in [7, 11) is 0. The number of hydrogen-bond donors (Lipinski definition) is 0. The number of benzene rings is 1. The number of anilines is 1. The van der Waals surface area contributed by atoms with Crippen molar-refractivity contribution in [2.75, 3.05) is 4.90 Å². The maximum absolute atomic E-state index is 14.2. The first-order chi connectivity index (χ1) is 14.6. The third kappa shape index (κ3) is 3.53. The van der Waals surface area contributed by atoms with Gasteiger partial charge in [0.15, 0.2) is 0 Å². The van der Waals surface area contributed by atoms with Crippen LogP contribution < -0.4 is 4.90 Å². The Morgan fingerprint density at radius 3 is 2.00 bits per heavy atom. The van der Waals surface area contributed by atoms with Gasteiger partial charge in [-0.2, -0.15) is 0 Å². The van der Waals surface area contributed by atoms with Crippen LogP contribution in [-0.2, 0) is 14.4 Å². The van der Waals surface area contributed by atoms with Crippen LogP contribution in [0.5, 0.6) is 0 Å². The summed E-state index contributed by atoms with van der Waals surface area (Å²) in [5.41, 5.74) is -0.265. The number of imide groups is 1. The molecule has 5 aliphatic rings. The predicted molar refractivity (Wildman–Crippen MR) is 127 cm³/mol. The Kier molecular flexibility index (Phi) is 5.03. The quantitative estimate of drug-likeness (QED) is 0.415. The van der Waals surface area contributed by atoms with Crippen molar-refractivity contribution >= 4 is 46.0 Å². The summed E-state index contributed by atoms with van der Waals surface area (Å²) in [4.78, 5) is 43.8. The number of carbonyl (C=O) groups excluding carboxylic acids is 3. The zero-order valence-corrected chi connectivity index (χ0v) is 20.7. The van der Waals surface area contributed by atoms with Gasteiger partial charge in [-0.15, -0.1) is 0 Å². The molecule has 0 N–H and O–H groups in total. The van der Waals surface area contributed by atoms with Crippen molar-refractivity contribution in [3.05, 3.63) is 27.8 Å². The second-order valence-corrected chi connectivity index (χ2v) is 12.6. The lowest BCUT2D eigenvalue weighted by molar-refractivity contribution is -0.167. The molecule has 6 heteroatoms. The average molecular weight is 534 g/mol. The minimum atomic E-state index is -0.715. The van der Waals surface area contributed by atoms with Crippen LogP contribution in [0.2, 0.25) is 0 Å². The van der Waals surface area contributed by atoms with Gasteiger partial charge in [-0.25, -0.2) is 4.90 Å². The molecule has 6 rings (SSSR count). The van der Waals surface area contributed by atoms with Gasteiger partial charge in [-0.3, -0.25) is 14.4 Å². The smallest absolute Gasteiger partial charge is 0.257 e. The van der Waals surface area contributed by atoms with Crippen molar-refractivity contribution in [1.82, 2.24) is 4.90 Å². The third-order valence-corrected chi connectivity index (χ3v) is 8.67. The SMILES string of the molecule is CC(C)(C)N(C(=O)C12CC3CC(CC(C3)C1)C2)C1CC(=O)N(c2ccc(I)cc2)C1=O. The van der Waals surface area contributed by atoms with Crippen LogP contribution in [-0.4, -0.2) is 34.2 Å². The molecule has 5 fully saturated rings. The van der Waals surface area contributed by atoms with Crippen molar-refractivity contribution in [3.8, 4) is 0 Å². The van der Waals surface area contributed by atoms with Gasteiger partial charge in [0.2, 0.25) is 11.8 Å². The van der Waals surface area contributed by atoms with Crippen LogP contribution in [0, 0.1) is 26.7 Å². The van der Waals surface area contributed by atoms with Crippen molar-refractivity contribution in [3.63, 3.8) is 0 Å². The molecular weight excluding hydrogens is 503 g/mol. The van der Waals surface area contributed by atoms with E-state index in [-0.39, 0.29) is 29.6 Å². The molecule has 31 heavy (non-hydrogen) atoms. The summed E-state index contributed by atoms with van der Waals surface area (Å²) in [6.45, 7) is 5.99. The summed E-state index contributed by atoms with van der Waals surface area (Å²) < 4.78 is 1.05. The fourth-order valence-corrected chi connectivity index (χ4v) is 7.58. The van der Waals surface area contributed by atoms with Crippen LogP contribution in [0.25, 0.3) is 0 Å². The molecule has 1 saturated heterocycles. The van der Waals surface area contributed by atoms with E-state index in [9.17, 15) is 14.4 Å². The van der Waals surface area contributed by atoms with Crippen molar-refractivity contribution in [1.29, 1.82) is 0 Å². The molecule has 1 heterocycles. The van der Waals surface area contributed by atoms with Crippen molar-refractivity contribution < 1.29 is 14.4 Å². The number of hydrogen-bond acceptors (Lipinski definition) is 3. The zero-order chi connectivity index (χ0) is 22.1. The Morgan fingerprint density at radius 2 is 1.52 bits per heavy atom. The maximum Gasteiger partial charge on any atom is 0.257 e. The Morgan fingerprint density at radius 1 is 1.00 bits per heavy atom. The maximum atomic E-state index is 14.2. The summed E-state index contributed by atoms with van der Waals surface area (Å²) in [6.07, 6.45) is 6.75. The molecule has 3 amide bonds. The molecule has 0 spiro atoms. The largest absolute Gasteiger partial charge is 0.325 e. The van der Waals surface area contributed by atoms with Gasteiger partial charge in [0.25, 0.3) is 5.91 Å². The second kappa shape index (κ2) is 7.29. The molecule has 0 aromatic heterocycles. The van der Waals surface area contributed by atoms with E-state index < -0.39 is 11.6 Å². The van der Waals surface area contributed by atoms with E-state index in [1.54, 1.807) is 4.90 Å². The fraction of sp³-hybridized carbons (Fsp3) is 0.640. The highest BCUT2D eigenvalue weighted by Crippen LogP contribution is 2.61. The van der Waals surface area contributed by atoms with Gasteiger partial charge in [0.05, 0.1) is 17.5 Å². The van der Waals surface area contributed by atoms with Crippen LogP contribution in [0.15, 0.2) is 24.3 Å². The van der Waals surface area contributed by atoms with Crippen LogP contribution >= 0.6 is 22.6 Å². The number of nitrogens with zero attached hydrogens (tertiary/aromatic N) is 2. The fourth-order valence-electron chi connectivity index (χ4n) is 7.22. The minimum Gasteiger partial charge on any atom is -0.325 e. The van der Waals surface area contributed by atoms with E-state index in [0.717, 1.165) is 22.8 Å². The van der Waals surface area contributed by atoms with Crippen LogP contribution in [0.3, 0.4) is 0 Å². The average Bonchev–Trinajstić information content (AvgIpc) is 2.94. The van der Waals surface area contributed by atoms with Crippen molar-refractivity contribution in [2.45, 2.75) is 77.3 Å². The number of carbonyl (C=O) groups is 3. The lowest BCUT2D eigenvalue weighted by Gasteiger charge is -2.58. The molecule has 4 aliphatic carbocycles. The summed E-state index contributed by atoms with van der Waals surface area (Å²) in [5.74, 6) is 1.60. The van der Waals surface area contributed by atoms with E-state index in [1.807, 2.05) is 45.0 Å².